The van der Waals surface area contributed by atoms with Gasteiger partial charge in [0.05, 0.1) is 11.6 Å². The summed E-state index contributed by atoms with van der Waals surface area (Å²) in [5.74, 6) is 0.0492. The van der Waals surface area contributed by atoms with Crippen LogP contribution in [0.2, 0.25) is 0 Å². The minimum absolute atomic E-state index is 0.216. The minimum atomic E-state index is -0.879. The smallest absolute Gasteiger partial charge is 0.335 e. The number of nitrogens with one attached hydrogen (secondary N) is 1. The quantitative estimate of drug-likeness (QED) is 0.801. The summed E-state index contributed by atoms with van der Waals surface area (Å²) in [5.41, 5.74) is 5.46. The van der Waals surface area contributed by atoms with Crippen molar-refractivity contribution in [3.05, 3.63) is 76.9 Å². The van der Waals surface area contributed by atoms with Gasteiger partial charge in [-0.05, 0) is 53.6 Å². The largest absolute Gasteiger partial charge is 0.478 e. The van der Waals surface area contributed by atoms with Gasteiger partial charge in [-0.3, -0.25) is 0 Å². The van der Waals surface area contributed by atoms with Crippen LogP contribution in [0.5, 0.6) is 0 Å². The van der Waals surface area contributed by atoms with Crippen LogP contribution in [0.15, 0.2) is 54.6 Å². The second-order valence-electron chi connectivity index (χ2n) is 6.68. The van der Waals surface area contributed by atoms with Crippen molar-refractivity contribution < 1.29 is 9.90 Å². The Morgan fingerprint density at radius 3 is 2.71 bits per heavy atom. The Kier molecular flexibility index (Phi) is 3.64. The monoisotopic (exact) mass is 319 g/mol. The zero-order valence-electron chi connectivity index (χ0n) is 13.7. The van der Waals surface area contributed by atoms with E-state index in [4.69, 9.17) is 5.11 Å². The first kappa shape index (κ1) is 15.0. The van der Waals surface area contributed by atoms with Crippen LogP contribution in [0, 0.1) is 5.92 Å². The number of fused-ring (bicyclic) bond motifs is 3. The van der Waals surface area contributed by atoms with Gasteiger partial charge in [-0.2, -0.15) is 0 Å². The number of anilines is 1. The summed E-state index contributed by atoms with van der Waals surface area (Å²) in [6, 6.07) is 14.2. The Balaban J connectivity index is 1.71. The second-order valence-corrected chi connectivity index (χ2v) is 6.68. The van der Waals surface area contributed by atoms with Gasteiger partial charge < -0.3 is 10.4 Å². The van der Waals surface area contributed by atoms with Crippen LogP contribution in [0.3, 0.4) is 0 Å². The van der Waals surface area contributed by atoms with E-state index in [2.05, 4.69) is 42.6 Å². The molecule has 2 aromatic carbocycles. The summed E-state index contributed by atoms with van der Waals surface area (Å²) in [6.07, 6.45) is 6.72. The van der Waals surface area contributed by atoms with Crippen LogP contribution in [0.4, 0.5) is 5.69 Å². The van der Waals surface area contributed by atoms with Crippen molar-refractivity contribution in [3.8, 4) is 0 Å². The van der Waals surface area contributed by atoms with Gasteiger partial charge >= 0.3 is 5.97 Å². The number of carbonyl (C=O) groups is 1. The van der Waals surface area contributed by atoms with E-state index in [1.165, 1.54) is 16.8 Å². The highest BCUT2D eigenvalue weighted by Crippen LogP contribution is 2.49. The molecule has 0 radical (unpaired) electrons. The van der Waals surface area contributed by atoms with Crippen LogP contribution in [-0.4, -0.2) is 11.1 Å². The average molecular weight is 319 g/mol. The molecule has 1 aliphatic carbocycles. The molecule has 0 aromatic heterocycles. The maximum absolute atomic E-state index is 11.1. The molecule has 3 nitrogen and oxygen atoms in total. The summed E-state index contributed by atoms with van der Waals surface area (Å²) < 4.78 is 0. The summed E-state index contributed by atoms with van der Waals surface area (Å²) in [7, 11) is 0. The Morgan fingerprint density at radius 2 is 2.00 bits per heavy atom. The summed E-state index contributed by atoms with van der Waals surface area (Å²) in [5, 5.41) is 12.8. The van der Waals surface area contributed by atoms with E-state index < -0.39 is 5.97 Å². The molecule has 1 heterocycles. The highest BCUT2D eigenvalue weighted by molar-refractivity contribution is 5.87. The number of allylic oxidation sites excluding steroid dienone is 2. The van der Waals surface area contributed by atoms with Gasteiger partial charge in [-0.1, -0.05) is 43.3 Å². The molecular weight excluding hydrogens is 298 g/mol. The number of aryl methyl sites for hydroxylation is 1. The normalized spacial score (nSPS) is 24.1. The van der Waals surface area contributed by atoms with E-state index in [1.54, 1.807) is 12.1 Å². The minimum Gasteiger partial charge on any atom is -0.478 e. The molecule has 0 spiro atoms. The van der Waals surface area contributed by atoms with Crippen molar-refractivity contribution in [2.75, 3.05) is 5.32 Å². The molecule has 24 heavy (non-hydrogen) atoms. The Bertz CT molecular complexity index is 807. The van der Waals surface area contributed by atoms with Gasteiger partial charge in [0.25, 0.3) is 0 Å². The molecule has 3 heteroatoms. The third-order valence-electron chi connectivity index (χ3n) is 5.35. The van der Waals surface area contributed by atoms with Crippen LogP contribution in [-0.2, 0) is 6.42 Å². The molecule has 4 rings (SSSR count). The zero-order chi connectivity index (χ0) is 16.7. The molecule has 0 saturated carbocycles. The van der Waals surface area contributed by atoms with E-state index >= 15 is 0 Å². The fourth-order valence-corrected chi connectivity index (χ4v) is 4.03. The van der Waals surface area contributed by atoms with Gasteiger partial charge in [0.1, 0.15) is 0 Å². The molecule has 0 amide bonds. The van der Waals surface area contributed by atoms with Crippen molar-refractivity contribution in [2.45, 2.75) is 31.7 Å². The fourth-order valence-electron chi connectivity index (χ4n) is 4.03. The van der Waals surface area contributed by atoms with Crippen molar-refractivity contribution in [2.24, 2.45) is 5.92 Å². The topological polar surface area (TPSA) is 49.3 Å². The summed E-state index contributed by atoms with van der Waals surface area (Å²) in [6.45, 7) is 2.19. The van der Waals surface area contributed by atoms with Gasteiger partial charge in [0.2, 0.25) is 0 Å². The van der Waals surface area contributed by atoms with Crippen molar-refractivity contribution >= 4 is 11.7 Å². The second kappa shape index (κ2) is 5.82. The highest BCUT2D eigenvalue weighted by Gasteiger charge is 2.37. The Labute approximate surface area is 142 Å². The predicted octanol–water partition coefficient (Wildman–Crippen LogP) is 4.77. The lowest BCUT2D eigenvalue weighted by Crippen LogP contribution is -2.29. The van der Waals surface area contributed by atoms with Crippen molar-refractivity contribution in [3.63, 3.8) is 0 Å². The van der Waals surface area contributed by atoms with Crippen LogP contribution in [0.1, 0.15) is 52.4 Å². The molecule has 0 fully saturated rings. The highest BCUT2D eigenvalue weighted by atomic mass is 16.4. The van der Waals surface area contributed by atoms with E-state index in [-0.39, 0.29) is 6.04 Å². The summed E-state index contributed by atoms with van der Waals surface area (Å²) >= 11 is 0. The molecular formula is C21H21NO2. The van der Waals surface area contributed by atoms with Crippen LogP contribution in [0.25, 0.3) is 0 Å². The lowest BCUT2D eigenvalue weighted by molar-refractivity contribution is 0.0697. The maximum Gasteiger partial charge on any atom is 0.335 e. The number of carboxylic acids is 1. The molecule has 2 aliphatic rings. The Morgan fingerprint density at radius 1 is 1.21 bits per heavy atom. The number of hydrogen-bond acceptors (Lipinski definition) is 2. The number of carboxylic acid groups (broad SMARTS) is 1. The lowest BCUT2D eigenvalue weighted by atomic mass is 9.76. The number of rotatable bonds is 3. The van der Waals surface area contributed by atoms with Gasteiger partial charge in [0.15, 0.2) is 0 Å². The van der Waals surface area contributed by atoms with E-state index in [0.717, 1.165) is 18.4 Å². The molecule has 2 N–H and O–H groups in total. The molecule has 1 aliphatic heterocycles. The van der Waals surface area contributed by atoms with Crippen molar-refractivity contribution in [1.82, 2.24) is 0 Å². The van der Waals surface area contributed by atoms with Crippen LogP contribution < -0.4 is 5.32 Å². The standard InChI is InChI=1S/C21H21NO2/c1-2-13-6-11-19-18(12-13)16-4-3-5-17(16)20(22-19)14-7-9-15(10-8-14)21(23)24/h3-4,6-12,16-17,20,22H,2,5H2,1H3,(H,23,24)/t16-,17+,20+/m1/s1. The lowest BCUT2D eigenvalue weighted by Gasteiger charge is -2.37. The fraction of sp³-hybridized carbons (Fsp3) is 0.286. The molecule has 0 saturated heterocycles. The predicted molar refractivity (Wildman–Crippen MR) is 95.6 cm³/mol. The third kappa shape index (κ3) is 2.41. The first-order valence-corrected chi connectivity index (χ1v) is 8.56. The maximum atomic E-state index is 11.1. The molecule has 3 atom stereocenters. The average Bonchev–Trinajstić information content (AvgIpc) is 3.10. The van der Waals surface area contributed by atoms with Gasteiger partial charge in [-0.15, -0.1) is 0 Å². The molecule has 122 valence electrons. The Hall–Kier alpha value is -2.55. The van der Waals surface area contributed by atoms with Gasteiger partial charge in [0, 0.05) is 11.6 Å². The number of hydrogen-bond donors (Lipinski definition) is 2. The summed E-state index contributed by atoms with van der Waals surface area (Å²) in [4.78, 5) is 11.1. The first-order chi connectivity index (χ1) is 11.7. The molecule has 0 bridgehead atoms. The van der Waals surface area contributed by atoms with E-state index in [1.807, 2.05) is 12.1 Å². The SMILES string of the molecule is CCc1ccc2c(c1)[C@@H]1C=CC[C@@H]1[C@H](c1ccc(C(=O)O)cc1)N2. The first-order valence-electron chi connectivity index (χ1n) is 8.56. The van der Waals surface area contributed by atoms with E-state index in [0.29, 0.717) is 17.4 Å². The van der Waals surface area contributed by atoms with Crippen molar-refractivity contribution in [1.29, 1.82) is 0 Å². The van der Waals surface area contributed by atoms with Gasteiger partial charge in [-0.25, -0.2) is 4.79 Å². The molecule has 2 aromatic rings. The molecule has 0 unspecified atom stereocenters. The number of benzene rings is 2. The van der Waals surface area contributed by atoms with E-state index in [9.17, 15) is 4.79 Å². The third-order valence-corrected chi connectivity index (χ3v) is 5.35. The number of aromatic carboxylic acids is 1. The van der Waals surface area contributed by atoms with Crippen LogP contribution >= 0.6 is 0 Å². The zero-order valence-corrected chi connectivity index (χ0v) is 13.7.